The van der Waals surface area contributed by atoms with Crippen molar-refractivity contribution in [2.75, 3.05) is 18.9 Å². The molecule has 1 aromatic heterocycles. The Morgan fingerprint density at radius 2 is 2.33 bits per heavy atom. The van der Waals surface area contributed by atoms with Crippen molar-refractivity contribution in [3.63, 3.8) is 0 Å². The predicted molar refractivity (Wildman–Crippen MR) is 68.1 cm³/mol. The van der Waals surface area contributed by atoms with Gasteiger partial charge in [0, 0.05) is 19.2 Å². The van der Waals surface area contributed by atoms with E-state index < -0.39 is 0 Å². The molecule has 6 heteroatoms. The Labute approximate surface area is 106 Å². The largest absolute Gasteiger partial charge is 0.396 e. The van der Waals surface area contributed by atoms with Crippen LogP contribution >= 0.6 is 0 Å². The van der Waals surface area contributed by atoms with Crippen molar-refractivity contribution in [3.8, 4) is 0 Å². The fourth-order valence-corrected chi connectivity index (χ4v) is 2.13. The van der Waals surface area contributed by atoms with Gasteiger partial charge in [0.25, 0.3) is 5.91 Å². The molecule has 1 saturated carbocycles. The fourth-order valence-electron chi connectivity index (χ4n) is 2.13. The average molecular weight is 252 g/mol. The number of aromatic amines is 1. The molecule has 1 heterocycles. The highest BCUT2D eigenvalue weighted by Gasteiger charge is 2.31. The monoisotopic (exact) mass is 252 g/mol. The zero-order chi connectivity index (χ0) is 13.1. The first-order valence-corrected chi connectivity index (χ1v) is 6.37. The second kappa shape index (κ2) is 5.39. The van der Waals surface area contributed by atoms with E-state index in [0.29, 0.717) is 30.0 Å². The van der Waals surface area contributed by atoms with Crippen LogP contribution in [0, 0.1) is 6.92 Å². The summed E-state index contributed by atoms with van der Waals surface area (Å²) in [6.07, 6.45) is 3.80. The maximum Gasteiger partial charge on any atom is 0.276 e. The number of nitrogens with two attached hydrogens (primary N) is 1. The van der Waals surface area contributed by atoms with E-state index in [9.17, 15) is 4.79 Å². The number of hydrogen-bond donors (Lipinski definition) is 3. The molecule has 1 amide bonds. The minimum Gasteiger partial charge on any atom is -0.396 e. The first-order valence-electron chi connectivity index (χ1n) is 6.37. The fraction of sp³-hybridized carbons (Fsp3) is 0.667. The summed E-state index contributed by atoms with van der Waals surface area (Å²) in [5, 5.41) is 15.6. The van der Waals surface area contributed by atoms with Crippen molar-refractivity contribution in [1.29, 1.82) is 0 Å². The van der Waals surface area contributed by atoms with E-state index in [0.717, 1.165) is 19.3 Å². The number of hydrogen-bond acceptors (Lipinski definition) is 4. The third-order valence-electron chi connectivity index (χ3n) is 3.53. The number of carbonyl (C=O) groups is 1. The highest BCUT2D eigenvalue weighted by atomic mass is 16.3. The maximum absolute atomic E-state index is 12.4. The molecule has 18 heavy (non-hydrogen) atoms. The first-order chi connectivity index (χ1) is 8.65. The van der Waals surface area contributed by atoms with Gasteiger partial charge in [0.1, 0.15) is 0 Å². The molecule has 0 radical (unpaired) electrons. The molecule has 0 aromatic carbocycles. The van der Waals surface area contributed by atoms with Crippen LogP contribution in [0.4, 0.5) is 5.69 Å². The summed E-state index contributed by atoms with van der Waals surface area (Å²) in [6, 6.07) is 0.278. The summed E-state index contributed by atoms with van der Waals surface area (Å²) in [6.45, 7) is 2.44. The van der Waals surface area contributed by atoms with Crippen molar-refractivity contribution < 1.29 is 9.90 Å². The smallest absolute Gasteiger partial charge is 0.276 e. The van der Waals surface area contributed by atoms with E-state index in [1.165, 1.54) is 0 Å². The van der Waals surface area contributed by atoms with E-state index in [1.54, 1.807) is 11.8 Å². The molecule has 0 aliphatic heterocycles. The van der Waals surface area contributed by atoms with Crippen molar-refractivity contribution in [2.45, 2.75) is 38.6 Å². The summed E-state index contributed by atoms with van der Waals surface area (Å²) in [5.41, 5.74) is 7.28. The topological polar surface area (TPSA) is 95.2 Å². The summed E-state index contributed by atoms with van der Waals surface area (Å²) >= 11 is 0. The van der Waals surface area contributed by atoms with Gasteiger partial charge in [-0.2, -0.15) is 5.10 Å². The lowest BCUT2D eigenvalue weighted by atomic mass is 9.91. The summed E-state index contributed by atoms with van der Waals surface area (Å²) in [7, 11) is 0. The molecule has 6 nitrogen and oxygen atoms in total. The molecule has 0 atom stereocenters. The number of aryl methyl sites for hydroxylation is 1. The third-order valence-corrected chi connectivity index (χ3v) is 3.53. The van der Waals surface area contributed by atoms with Gasteiger partial charge in [-0.25, -0.2) is 0 Å². The van der Waals surface area contributed by atoms with Gasteiger partial charge in [0.2, 0.25) is 0 Å². The quantitative estimate of drug-likeness (QED) is 0.718. The molecule has 0 spiro atoms. The van der Waals surface area contributed by atoms with Crippen LogP contribution in [-0.2, 0) is 0 Å². The van der Waals surface area contributed by atoms with Gasteiger partial charge < -0.3 is 15.7 Å². The number of aliphatic hydroxyl groups is 1. The Kier molecular flexibility index (Phi) is 3.86. The van der Waals surface area contributed by atoms with Crippen molar-refractivity contribution in [1.82, 2.24) is 15.1 Å². The van der Waals surface area contributed by atoms with Gasteiger partial charge in [0.15, 0.2) is 5.69 Å². The van der Waals surface area contributed by atoms with Crippen molar-refractivity contribution in [3.05, 3.63) is 11.4 Å². The van der Waals surface area contributed by atoms with Gasteiger partial charge in [-0.1, -0.05) is 0 Å². The average Bonchev–Trinajstić information content (AvgIpc) is 2.62. The van der Waals surface area contributed by atoms with Crippen LogP contribution in [0.3, 0.4) is 0 Å². The second-order valence-corrected chi connectivity index (χ2v) is 4.77. The maximum atomic E-state index is 12.4. The molecule has 1 fully saturated rings. The Bertz CT molecular complexity index is 426. The Hall–Kier alpha value is -1.56. The molecule has 100 valence electrons. The number of rotatable bonds is 5. The number of nitrogens with zero attached hydrogens (tertiary/aromatic N) is 2. The standard InChI is InChI=1S/C12H20N4O2/c1-8-10(13)11(15-14-8)12(18)16(6-3-7-17)9-4-2-5-9/h9,17H,2-7,13H2,1H3,(H,14,15). The van der Waals surface area contributed by atoms with E-state index in [4.69, 9.17) is 10.8 Å². The van der Waals surface area contributed by atoms with Crippen molar-refractivity contribution >= 4 is 11.6 Å². The Balaban J connectivity index is 2.14. The van der Waals surface area contributed by atoms with Crippen LogP contribution in [0.1, 0.15) is 41.9 Å². The van der Waals surface area contributed by atoms with Crippen molar-refractivity contribution in [2.24, 2.45) is 0 Å². The number of nitrogens with one attached hydrogen (secondary N) is 1. The summed E-state index contributed by atoms with van der Waals surface area (Å²) < 4.78 is 0. The van der Waals surface area contributed by atoms with Gasteiger partial charge in [0.05, 0.1) is 11.4 Å². The summed E-state index contributed by atoms with van der Waals surface area (Å²) in [4.78, 5) is 14.2. The zero-order valence-corrected chi connectivity index (χ0v) is 10.6. The Morgan fingerprint density at radius 3 is 2.78 bits per heavy atom. The predicted octanol–water partition coefficient (Wildman–Crippen LogP) is 0.677. The van der Waals surface area contributed by atoms with E-state index in [2.05, 4.69) is 10.2 Å². The number of aliphatic hydroxyl groups excluding tert-OH is 1. The molecule has 1 aromatic rings. The first kappa shape index (κ1) is 12.9. The Morgan fingerprint density at radius 1 is 1.61 bits per heavy atom. The number of nitrogen functional groups attached to an aromatic ring is 1. The number of anilines is 1. The van der Waals surface area contributed by atoms with Gasteiger partial charge in [-0.3, -0.25) is 9.89 Å². The van der Waals surface area contributed by atoms with Crippen LogP contribution in [0.15, 0.2) is 0 Å². The molecule has 0 saturated heterocycles. The minimum absolute atomic E-state index is 0.0889. The molecule has 1 aliphatic rings. The lowest BCUT2D eigenvalue weighted by molar-refractivity contribution is 0.0557. The van der Waals surface area contributed by atoms with Crippen LogP contribution in [-0.4, -0.2) is 45.3 Å². The van der Waals surface area contributed by atoms with Crippen LogP contribution in [0.5, 0.6) is 0 Å². The highest BCUT2D eigenvalue weighted by Crippen LogP contribution is 2.27. The van der Waals surface area contributed by atoms with Gasteiger partial charge >= 0.3 is 0 Å². The number of aromatic nitrogens is 2. The molecule has 0 unspecified atom stereocenters. The van der Waals surface area contributed by atoms with Gasteiger partial charge in [-0.05, 0) is 32.6 Å². The van der Waals surface area contributed by atoms with Crippen LogP contribution in [0.2, 0.25) is 0 Å². The molecule has 1 aliphatic carbocycles. The molecule has 0 bridgehead atoms. The van der Waals surface area contributed by atoms with Crippen LogP contribution in [0.25, 0.3) is 0 Å². The molecule has 4 N–H and O–H groups in total. The lowest BCUT2D eigenvalue weighted by Gasteiger charge is -2.37. The van der Waals surface area contributed by atoms with E-state index in [1.807, 2.05) is 0 Å². The van der Waals surface area contributed by atoms with Gasteiger partial charge in [-0.15, -0.1) is 0 Å². The van der Waals surface area contributed by atoms with E-state index >= 15 is 0 Å². The zero-order valence-electron chi connectivity index (χ0n) is 10.6. The lowest BCUT2D eigenvalue weighted by Crippen LogP contribution is -2.45. The molecule has 2 rings (SSSR count). The number of H-pyrrole nitrogens is 1. The summed E-state index contributed by atoms with van der Waals surface area (Å²) in [5.74, 6) is -0.130. The normalized spacial score (nSPS) is 15.4. The molecular weight excluding hydrogens is 232 g/mol. The highest BCUT2D eigenvalue weighted by molar-refractivity contribution is 5.97. The second-order valence-electron chi connectivity index (χ2n) is 4.77. The minimum atomic E-state index is -0.130. The van der Waals surface area contributed by atoms with Crippen LogP contribution < -0.4 is 5.73 Å². The third kappa shape index (κ3) is 2.33. The van der Waals surface area contributed by atoms with E-state index in [-0.39, 0.29) is 18.6 Å². The SMILES string of the molecule is Cc1[nH]nc(C(=O)N(CCCO)C2CCC2)c1N. The number of amides is 1. The molecular formula is C12H20N4O2. The number of carbonyl (C=O) groups excluding carboxylic acids is 1.